The molecule has 2 aromatic carbocycles. The van der Waals surface area contributed by atoms with Gasteiger partial charge in [0.05, 0.1) is 13.0 Å². The number of carbonyl (C=O) groups excluding carboxylic acids is 2. The molecule has 0 unspecified atom stereocenters. The van der Waals surface area contributed by atoms with Gasteiger partial charge in [-0.2, -0.15) is 0 Å². The first-order valence-corrected chi connectivity index (χ1v) is 11.7. The Morgan fingerprint density at radius 1 is 0.788 bits per heavy atom. The molecule has 0 aliphatic heterocycles. The summed E-state index contributed by atoms with van der Waals surface area (Å²) in [7, 11) is 0.425. The predicted molar refractivity (Wildman–Crippen MR) is 130 cm³/mol. The van der Waals surface area contributed by atoms with Crippen molar-refractivity contribution in [3.63, 3.8) is 0 Å². The number of hydrogen-bond donors (Lipinski definition) is 1. The predicted octanol–water partition coefficient (Wildman–Crippen LogP) is 3.55. The van der Waals surface area contributed by atoms with Crippen LogP contribution < -0.4 is 15.9 Å². The van der Waals surface area contributed by atoms with Crippen molar-refractivity contribution in [1.29, 1.82) is 0 Å². The fourth-order valence-electron chi connectivity index (χ4n) is 3.21. The van der Waals surface area contributed by atoms with E-state index in [2.05, 4.69) is 29.6 Å². The van der Waals surface area contributed by atoms with Gasteiger partial charge in [0.15, 0.2) is 0 Å². The molecule has 2 fully saturated rings. The Morgan fingerprint density at radius 3 is 1.73 bits per heavy atom. The van der Waals surface area contributed by atoms with E-state index in [9.17, 15) is 9.59 Å². The molecule has 2 aromatic rings. The molecule has 1 amide bonds. The van der Waals surface area contributed by atoms with Crippen molar-refractivity contribution in [1.82, 2.24) is 5.32 Å². The maximum absolute atomic E-state index is 12.8. The number of ether oxygens (including phenoxy) is 1. The van der Waals surface area contributed by atoms with Crippen LogP contribution in [-0.4, -0.2) is 25.0 Å². The summed E-state index contributed by atoms with van der Waals surface area (Å²) < 4.78 is 4.70. The number of nitrogens with one attached hydrogen (secondary N) is 1. The van der Waals surface area contributed by atoms with Crippen LogP contribution in [-0.2, 0) is 31.4 Å². The molecule has 0 bridgehead atoms. The maximum atomic E-state index is 12.8. The molecular formula is C27H26FeNO3P+2. The minimum absolute atomic E-state index is 0. The fraction of sp³-hybridized carbons (Fsp3) is 0.111. The molecule has 6 heteroatoms. The van der Waals surface area contributed by atoms with Gasteiger partial charge in [-0.25, -0.2) is 4.79 Å². The summed E-state index contributed by atoms with van der Waals surface area (Å²) in [5.41, 5.74) is 0.969. The van der Waals surface area contributed by atoms with Crippen molar-refractivity contribution in [2.45, 2.75) is 13.0 Å². The summed E-state index contributed by atoms with van der Waals surface area (Å²) in [5, 5.41) is 5.06. The Bertz CT molecular complexity index is 798. The van der Waals surface area contributed by atoms with Crippen molar-refractivity contribution >= 4 is 30.4 Å². The number of esters is 1. The smallest absolute Gasteiger partial charge is 0.467 e. The van der Waals surface area contributed by atoms with E-state index in [0.29, 0.717) is 5.92 Å². The number of hydrogen-bond acceptors (Lipinski definition) is 3. The topological polar surface area (TPSA) is 55.4 Å². The summed E-state index contributed by atoms with van der Waals surface area (Å²) in [6.45, 7) is 1.61. The molecule has 2 saturated carbocycles. The van der Waals surface area contributed by atoms with Crippen LogP contribution in [0.2, 0.25) is 0 Å². The van der Waals surface area contributed by atoms with E-state index < -0.39 is 19.9 Å². The second kappa shape index (κ2) is 14.6. The minimum atomic E-state index is -0.883. The van der Waals surface area contributed by atoms with Crippen LogP contribution in [0.3, 0.4) is 0 Å². The van der Waals surface area contributed by atoms with E-state index in [4.69, 9.17) is 4.74 Å². The Morgan fingerprint density at radius 2 is 1.27 bits per heavy atom. The molecule has 1 N–H and O–H groups in total. The monoisotopic (exact) mass is 499 g/mol. The number of amides is 1. The summed E-state index contributed by atoms with van der Waals surface area (Å²) in [6.07, 6.45) is 15.7. The average Bonchev–Trinajstić information content (AvgIpc) is 3.56. The second-order valence-electron chi connectivity index (χ2n) is 7.01. The van der Waals surface area contributed by atoms with Gasteiger partial charge in [0.2, 0.25) is 5.91 Å². The summed E-state index contributed by atoms with van der Waals surface area (Å²) in [6, 6.07) is 19.7. The molecule has 168 valence electrons. The van der Waals surface area contributed by atoms with Crippen LogP contribution in [0.4, 0.5) is 0 Å². The minimum Gasteiger partial charge on any atom is -0.467 e. The Balaban J connectivity index is 0.000000568. The number of methoxy groups -OCH3 is 1. The van der Waals surface area contributed by atoms with Crippen LogP contribution in [0, 0.1) is 62.9 Å². The van der Waals surface area contributed by atoms with Gasteiger partial charge in [0.25, 0.3) is 0 Å². The standard InChI is InChI=1S/C22H21NO3P.C5H5.Fe/c1-16(22(25)26-2)23-21(24)19-14-9-15-20(19)27(17-10-5-3-6-11-17)18-12-7-4-8-13-18;1-2-4-5-3-1;/h3-16H,1-2H3,(H,23,24);1-5H;/q;;+2/t16-;;/m1../s1. The van der Waals surface area contributed by atoms with Crippen LogP contribution in [0.25, 0.3) is 0 Å². The molecule has 10 radical (unpaired) electrons. The Labute approximate surface area is 210 Å². The van der Waals surface area contributed by atoms with Crippen LogP contribution >= 0.6 is 7.92 Å². The number of rotatable bonds is 6. The molecule has 2 aliphatic rings. The molecule has 2 aliphatic carbocycles. The quantitative estimate of drug-likeness (QED) is 0.376. The third-order valence-electron chi connectivity index (χ3n) is 4.77. The molecule has 0 saturated heterocycles. The van der Waals surface area contributed by atoms with E-state index in [0.717, 1.165) is 5.66 Å². The zero-order valence-corrected chi connectivity index (χ0v) is 20.5. The largest absolute Gasteiger partial charge is 2.00 e. The zero-order valence-electron chi connectivity index (χ0n) is 18.5. The SMILES string of the molecule is COC(=O)[C@@H](C)NC(=O)[C]1[CH][CH][CH][C]1P(c1ccccc1)c1ccccc1.[CH]1[CH][CH][CH][CH]1.[Fe+2]. The van der Waals surface area contributed by atoms with Crippen molar-refractivity contribution in [2.75, 3.05) is 7.11 Å². The zero-order chi connectivity index (χ0) is 22.8. The average molecular weight is 499 g/mol. The molecule has 0 heterocycles. The van der Waals surface area contributed by atoms with E-state index in [1.165, 1.54) is 17.7 Å². The second-order valence-corrected chi connectivity index (χ2v) is 9.20. The van der Waals surface area contributed by atoms with Gasteiger partial charge in [-0.3, -0.25) is 4.79 Å². The van der Waals surface area contributed by atoms with Crippen molar-refractivity contribution < 1.29 is 31.4 Å². The molecule has 33 heavy (non-hydrogen) atoms. The van der Waals surface area contributed by atoms with Crippen molar-refractivity contribution in [3.05, 3.63) is 124 Å². The maximum Gasteiger partial charge on any atom is 2.00 e. The van der Waals surface area contributed by atoms with Crippen molar-refractivity contribution in [3.8, 4) is 0 Å². The van der Waals surface area contributed by atoms with E-state index >= 15 is 0 Å². The molecule has 4 rings (SSSR count). The fourth-order valence-corrected chi connectivity index (χ4v) is 5.66. The third-order valence-corrected chi connectivity index (χ3v) is 7.27. The van der Waals surface area contributed by atoms with E-state index in [1.807, 2.05) is 81.3 Å². The normalized spacial score (nSPS) is 16.9. The summed E-state index contributed by atoms with van der Waals surface area (Å²) >= 11 is 0. The van der Waals surface area contributed by atoms with Gasteiger partial charge in [-0.1, -0.05) is 60.7 Å². The molecule has 0 aromatic heterocycles. The van der Waals surface area contributed by atoms with Gasteiger partial charge < -0.3 is 10.1 Å². The van der Waals surface area contributed by atoms with Crippen molar-refractivity contribution in [2.24, 2.45) is 0 Å². The first-order chi connectivity index (χ1) is 15.6. The van der Waals surface area contributed by atoms with Crippen LogP contribution in [0.5, 0.6) is 0 Å². The van der Waals surface area contributed by atoms with Gasteiger partial charge >= 0.3 is 23.0 Å². The van der Waals surface area contributed by atoms with Gasteiger partial charge in [0.1, 0.15) is 6.04 Å². The number of carbonyl (C=O) groups is 2. The van der Waals surface area contributed by atoms with Gasteiger partial charge in [-0.15, -0.1) is 0 Å². The molecular weight excluding hydrogens is 473 g/mol. The molecule has 4 nitrogen and oxygen atoms in total. The van der Waals surface area contributed by atoms with Gasteiger partial charge in [0, 0.05) is 5.66 Å². The summed E-state index contributed by atoms with van der Waals surface area (Å²) in [4.78, 5) is 24.5. The van der Waals surface area contributed by atoms with E-state index in [-0.39, 0.29) is 23.0 Å². The Kier molecular flexibility index (Phi) is 12.2. The summed E-state index contributed by atoms with van der Waals surface area (Å²) in [5.74, 6) is -0.151. The number of benzene rings is 2. The first kappa shape index (κ1) is 27.6. The Hall–Kier alpha value is -1.67. The molecule has 0 spiro atoms. The first-order valence-electron chi connectivity index (χ1n) is 10.3. The van der Waals surface area contributed by atoms with E-state index in [1.54, 1.807) is 13.3 Å². The molecule has 1 atom stereocenters. The van der Waals surface area contributed by atoms with Crippen LogP contribution in [0.15, 0.2) is 60.7 Å². The van der Waals surface area contributed by atoms with Crippen LogP contribution in [0.1, 0.15) is 6.92 Å². The third kappa shape index (κ3) is 7.95. The van der Waals surface area contributed by atoms with Gasteiger partial charge in [-0.05, 0) is 76.8 Å².